The topological polar surface area (TPSA) is 32.3 Å². The number of hydrogen-bond acceptors (Lipinski definition) is 2. The van der Waals surface area contributed by atoms with Gasteiger partial charge in [0.05, 0.1) is 0 Å². The molecule has 1 fully saturated rings. The summed E-state index contributed by atoms with van der Waals surface area (Å²) in [7, 11) is 0. The van der Waals surface area contributed by atoms with E-state index in [2.05, 4.69) is 79.8 Å². The molecule has 0 bridgehead atoms. The van der Waals surface area contributed by atoms with Crippen LogP contribution in [-0.4, -0.2) is 17.7 Å². The van der Waals surface area contributed by atoms with Crippen molar-refractivity contribution in [2.75, 3.05) is 6.54 Å². The van der Waals surface area contributed by atoms with E-state index in [1.165, 1.54) is 16.7 Å². The summed E-state index contributed by atoms with van der Waals surface area (Å²) in [5.74, 6) is 0. The predicted molar refractivity (Wildman–Crippen MR) is 113 cm³/mol. The van der Waals surface area contributed by atoms with Gasteiger partial charge in [-0.25, -0.2) is 0 Å². The van der Waals surface area contributed by atoms with Crippen molar-refractivity contribution in [1.29, 1.82) is 0 Å². The lowest BCUT2D eigenvalue weighted by molar-refractivity contribution is 0.0185. The van der Waals surface area contributed by atoms with Crippen molar-refractivity contribution in [3.63, 3.8) is 0 Å². The Balaban J connectivity index is 2.87. The van der Waals surface area contributed by atoms with E-state index in [0.717, 1.165) is 24.9 Å². The molecule has 1 aromatic rings. The van der Waals surface area contributed by atoms with Crippen LogP contribution in [0.4, 0.5) is 0 Å². The monoisotopic (exact) mass is 359 g/mol. The third kappa shape index (κ3) is 4.17. The van der Waals surface area contributed by atoms with E-state index in [0.29, 0.717) is 0 Å². The maximum absolute atomic E-state index is 11.8. The highest BCUT2D eigenvalue weighted by Gasteiger charge is 2.42. The first-order valence-electron chi connectivity index (χ1n) is 10.2. The standard InChI is InChI=1S/C24H41NO/c1-21(2,3)16-14-17(22(4,5)6)20(18(15-16)23(7,8)9)24(10,26)19-12-11-13-25-19/h14-15,19,25-26H,11-13H2,1-10H3/t19-,24-/m0/s1. The third-order valence-electron chi connectivity index (χ3n) is 5.87. The van der Waals surface area contributed by atoms with E-state index in [1.54, 1.807) is 0 Å². The van der Waals surface area contributed by atoms with Gasteiger partial charge in [0.15, 0.2) is 0 Å². The molecule has 1 heterocycles. The van der Waals surface area contributed by atoms with Gasteiger partial charge < -0.3 is 10.4 Å². The number of nitrogens with one attached hydrogen (secondary N) is 1. The normalized spacial score (nSPS) is 21.7. The molecule has 0 radical (unpaired) electrons. The van der Waals surface area contributed by atoms with Gasteiger partial charge in [0.2, 0.25) is 0 Å². The van der Waals surface area contributed by atoms with E-state index in [4.69, 9.17) is 0 Å². The molecule has 0 saturated carbocycles. The fraction of sp³-hybridized carbons (Fsp3) is 0.750. The summed E-state index contributed by atoms with van der Waals surface area (Å²) in [5, 5.41) is 15.4. The quantitative estimate of drug-likeness (QED) is 0.727. The van der Waals surface area contributed by atoms with Crippen LogP contribution in [0.3, 0.4) is 0 Å². The van der Waals surface area contributed by atoms with Crippen LogP contribution in [0.25, 0.3) is 0 Å². The lowest BCUT2D eigenvalue weighted by atomic mass is 9.67. The van der Waals surface area contributed by atoms with Crippen LogP contribution >= 0.6 is 0 Å². The second-order valence-electron chi connectivity index (χ2n) is 11.5. The lowest BCUT2D eigenvalue weighted by Gasteiger charge is -2.41. The minimum atomic E-state index is -0.877. The summed E-state index contributed by atoms with van der Waals surface area (Å²) in [6, 6.07) is 4.83. The highest BCUT2D eigenvalue weighted by molar-refractivity contribution is 5.50. The molecule has 0 spiro atoms. The van der Waals surface area contributed by atoms with Gasteiger partial charge >= 0.3 is 0 Å². The second kappa shape index (κ2) is 6.63. The van der Waals surface area contributed by atoms with Gasteiger partial charge in [0.1, 0.15) is 5.60 Å². The fourth-order valence-electron chi connectivity index (χ4n) is 4.14. The van der Waals surface area contributed by atoms with Crippen LogP contribution in [0.5, 0.6) is 0 Å². The van der Waals surface area contributed by atoms with Crippen LogP contribution in [0.1, 0.15) is 104 Å². The smallest absolute Gasteiger partial charge is 0.103 e. The van der Waals surface area contributed by atoms with E-state index in [-0.39, 0.29) is 22.3 Å². The molecule has 2 rings (SSSR count). The zero-order chi connectivity index (χ0) is 20.1. The lowest BCUT2D eigenvalue weighted by Crippen LogP contribution is -2.46. The van der Waals surface area contributed by atoms with Crippen molar-refractivity contribution in [2.45, 2.75) is 110 Å². The predicted octanol–water partition coefficient (Wildman–Crippen LogP) is 5.54. The van der Waals surface area contributed by atoms with Crippen LogP contribution < -0.4 is 5.32 Å². The average Bonchev–Trinajstić information content (AvgIpc) is 2.97. The highest BCUT2D eigenvalue weighted by atomic mass is 16.3. The minimum absolute atomic E-state index is 0.0286. The summed E-state index contributed by atoms with van der Waals surface area (Å²) in [6.07, 6.45) is 2.16. The zero-order valence-electron chi connectivity index (χ0n) is 18.8. The Morgan fingerprint density at radius 3 is 1.58 bits per heavy atom. The van der Waals surface area contributed by atoms with Crippen LogP contribution in [-0.2, 0) is 21.8 Å². The third-order valence-corrected chi connectivity index (χ3v) is 5.87. The van der Waals surface area contributed by atoms with Crippen LogP contribution in [0.15, 0.2) is 12.1 Å². The molecular formula is C24H41NO. The Morgan fingerprint density at radius 2 is 1.27 bits per heavy atom. The maximum atomic E-state index is 11.8. The summed E-state index contributed by atoms with van der Waals surface area (Å²) in [5.41, 5.74) is 4.21. The summed E-state index contributed by atoms with van der Waals surface area (Å²) >= 11 is 0. The molecule has 0 unspecified atom stereocenters. The Hall–Kier alpha value is -0.860. The van der Waals surface area contributed by atoms with Gasteiger partial charge in [0, 0.05) is 6.04 Å². The summed E-state index contributed by atoms with van der Waals surface area (Å²) < 4.78 is 0. The Labute approximate surface area is 161 Å². The van der Waals surface area contributed by atoms with Gasteiger partial charge in [-0.05, 0) is 64.8 Å². The SMILES string of the molecule is CC(C)(C)c1cc(C(C)(C)C)c([C@@](C)(O)[C@@H]2CCCN2)c(C(C)(C)C)c1. The molecule has 1 aliphatic heterocycles. The van der Waals surface area contributed by atoms with Crippen molar-refractivity contribution >= 4 is 0 Å². The first kappa shape index (κ1) is 21.4. The van der Waals surface area contributed by atoms with E-state index in [1.807, 2.05) is 6.92 Å². The van der Waals surface area contributed by atoms with Crippen molar-refractivity contribution in [1.82, 2.24) is 5.32 Å². The molecule has 2 nitrogen and oxygen atoms in total. The minimum Gasteiger partial charge on any atom is -0.384 e. The molecule has 2 heteroatoms. The zero-order valence-corrected chi connectivity index (χ0v) is 18.8. The van der Waals surface area contributed by atoms with Crippen molar-refractivity contribution in [3.8, 4) is 0 Å². The van der Waals surface area contributed by atoms with Gasteiger partial charge in [-0.3, -0.25) is 0 Å². The number of aliphatic hydroxyl groups is 1. The average molecular weight is 360 g/mol. The van der Waals surface area contributed by atoms with Gasteiger partial charge in [-0.15, -0.1) is 0 Å². The number of hydrogen-bond donors (Lipinski definition) is 2. The van der Waals surface area contributed by atoms with E-state index in [9.17, 15) is 5.11 Å². The highest BCUT2D eigenvalue weighted by Crippen LogP contribution is 2.44. The summed E-state index contributed by atoms with van der Waals surface area (Å²) in [4.78, 5) is 0. The van der Waals surface area contributed by atoms with Gasteiger partial charge in [-0.2, -0.15) is 0 Å². The molecule has 2 atom stereocenters. The van der Waals surface area contributed by atoms with Gasteiger partial charge in [-0.1, -0.05) is 74.4 Å². The Bertz CT molecular complexity index is 609. The van der Waals surface area contributed by atoms with Crippen molar-refractivity contribution in [2.24, 2.45) is 0 Å². The Morgan fingerprint density at radius 1 is 0.808 bits per heavy atom. The molecule has 148 valence electrons. The first-order valence-corrected chi connectivity index (χ1v) is 10.2. The van der Waals surface area contributed by atoms with Crippen molar-refractivity contribution in [3.05, 3.63) is 34.4 Å². The van der Waals surface area contributed by atoms with E-state index < -0.39 is 5.60 Å². The fourth-order valence-corrected chi connectivity index (χ4v) is 4.14. The number of benzene rings is 1. The van der Waals surface area contributed by atoms with E-state index >= 15 is 0 Å². The Kier molecular flexibility index (Phi) is 5.47. The maximum Gasteiger partial charge on any atom is 0.103 e. The second-order valence-corrected chi connectivity index (χ2v) is 11.5. The van der Waals surface area contributed by atoms with Crippen molar-refractivity contribution < 1.29 is 5.11 Å². The summed E-state index contributed by atoms with van der Waals surface area (Å²) in [6.45, 7) is 23.4. The molecule has 0 aliphatic carbocycles. The molecule has 2 N–H and O–H groups in total. The van der Waals surface area contributed by atoms with Crippen LogP contribution in [0.2, 0.25) is 0 Å². The molecular weight excluding hydrogens is 318 g/mol. The molecule has 1 saturated heterocycles. The molecule has 1 aliphatic rings. The molecule has 0 amide bonds. The molecule has 1 aromatic carbocycles. The van der Waals surface area contributed by atoms with Crippen LogP contribution in [0, 0.1) is 0 Å². The molecule has 26 heavy (non-hydrogen) atoms. The van der Waals surface area contributed by atoms with Gasteiger partial charge in [0.25, 0.3) is 0 Å². The first-order chi connectivity index (χ1) is 11.6. The largest absolute Gasteiger partial charge is 0.384 e. The molecule has 0 aromatic heterocycles. The number of rotatable bonds is 2.